The first-order valence-corrected chi connectivity index (χ1v) is 12.3. The van der Waals surface area contributed by atoms with Crippen molar-refractivity contribution in [1.82, 2.24) is 10.2 Å². The zero-order chi connectivity index (χ0) is 28.0. The third-order valence-electron chi connectivity index (χ3n) is 6.29. The predicted octanol–water partition coefficient (Wildman–Crippen LogP) is 3.70. The quantitative estimate of drug-likeness (QED) is 0.302. The van der Waals surface area contributed by atoms with Crippen LogP contribution in [0.2, 0.25) is 0 Å². The van der Waals surface area contributed by atoms with Gasteiger partial charge in [-0.1, -0.05) is 31.2 Å². The molecule has 1 aliphatic rings. The number of hydrogen-bond donors (Lipinski definition) is 2. The summed E-state index contributed by atoms with van der Waals surface area (Å²) in [7, 11) is 3.06. The molecule has 4 rings (SSSR count). The zero-order valence-electron chi connectivity index (χ0n) is 21.9. The second-order valence-electron chi connectivity index (χ2n) is 8.79. The number of esters is 1. The Kier molecular flexibility index (Phi) is 8.14. The van der Waals surface area contributed by atoms with Crippen LogP contribution in [-0.2, 0) is 19.9 Å². The Morgan fingerprint density at radius 2 is 1.38 bits per heavy atom. The number of anilines is 1. The number of methoxy groups -OCH3 is 2. The second-order valence-corrected chi connectivity index (χ2v) is 8.79. The first-order chi connectivity index (χ1) is 18.8. The van der Waals surface area contributed by atoms with Crippen molar-refractivity contribution in [3.05, 3.63) is 89.5 Å². The van der Waals surface area contributed by atoms with Gasteiger partial charge in [0.05, 0.1) is 26.4 Å². The Hall–Kier alpha value is -4.86. The lowest BCUT2D eigenvalue weighted by Gasteiger charge is -2.28. The van der Waals surface area contributed by atoms with E-state index in [1.165, 1.54) is 26.4 Å². The van der Waals surface area contributed by atoms with Crippen molar-refractivity contribution in [3.63, 3.8) is 0 Å². The predicted molar refractivity (Wildman–Crippen MR) is 143 cm³/mol. The van der Waals surface area contributed by atoms with Gasteiger partial charge in [0.1, 0.15) is 18.0 Å². The number of ether oxygens (including phenoxy) is 3. The van der Waals surface area contributed by atoms with Crippen LogP contribution in [-0.4, -0.2) is 56.1 Å². The van der Waals surface area contributed by atoms with Gasteiger partial charge in [-0.05, 0) is 66.1 Å². The number of carbonyl (C=O) groups is 4. The van der Waals surface area contributed by atoms with Crippen LogP contribution >= 0.6 is 0 Å². The molecule has 202 valence electrons. The average molecular weight is 532 g/mol. The standard InChI is InChI=1S/C29H29N3O7/c1-4-17-39-26(34)19-5-11-22(12-6-19)30-25(33)18-32-27(35)29(31-28(32)36,20-7-13-23(37-2)14-8-20)21-9-15-24(38-3)16-10-21/h5-16H,4,17-18H2,1-3H3,(H,30,33)(H,31,36). The van der Waals surface area contributed by atoms with E-state index in [2.05, 4.69) is 10.6 Å². The number of carbonyl (C=O) groups excluding carboxylic acids is 4. The highest BCUT2D eigenvalue weighted by atomic mass is 16.5. The zero-order valence-corrected chi connectivity index (χ0v) is 21.9. The van der Waals surface area contributed by atoms with Crippen LogP contribution in [0.3, 0.4) is 0 Å². The number of amides is 4. The van der Waals surface area contributed by atoms with Crippen molar-refractivity contribution in [2.75, 3.05) is 32.7 Å². The lowest BCUT2D eigenvalue weighted by atomic mass is 9.82. The molecule has 0 aliphatic carbocycles. The maximum Gasteiger partial charge on any atom is 0.338 e. The summed E-state index contributed by atoms with van der Waals surface area (Å²) in [5.74, 6) is -0.475. The number of hydrogen-bond acceptors (Lipinski definition) is 7. The van der Waals surface area contributed by atoms with Crippen LogP contribution in [0.1, 0.15) is 34.8 Å². The molecule has 0 radical (unpaired) electrons. The summed E-state index contributed by atoms with van der Waals surface area (Å²) in [4.78, 5) is 52.7. The van der Waals surface area contributed by atoms with Crippen LogP contribution in [0.15, 0.2) is 72.8 Å². The molecule has 39 heavy (non-hydrogen) atoms. The van der Waals surface area contributed by atoms with E-state index in [0.29, 0.717) is 46.9 Å². The maximum absolute atomic E-state index is 13.9. The largest absolute Gasteiger partial charge is 0.497 e. The van der Waals surface area contributed by atoms with Gasteiger partial charge in [-0.15, -0.1) is 0 Å². The Morgan fingerprint density at radius 1 is 0.846 bits per heavy atom. The SMILES string of the molecule is CCCOC(=O)c1ccc(NC(=O)CN2C(=O)NC(c3ccc(OC)cc3)(c3ccc(OC)cc3)C2=O)cc1. The fourth-order valence-corrected chi connectivity index (χ4v) is 4.27. The number of benzene rings is 3. The molecule has 0 spiro atoms. The van der Waals surface area contributed by atoms with Gasteiger partial charge in [-0.25, -0.2) is 9.59 Å². The Balaban J connectivity index is 1.56. The molecule has 1 heterocycles. The van der Waals surface area contributed by atoms with Gasteiger partial charge in [0.25, 0.3) is 5.91 Å². The maximum atomic E-state index is 13.9. The highest BCUT2D eigenvalue weighted by Gasteiger charge is 2.54. The number of urea groups is 1. The molecule has 2 N–H and O–H groups in total. The van der Waals surface area contributed by atoms with Crippen LogP contribution < -0.4 is 20.1 Å². The molecule has 0 aromatic heterocycles. The van der Waals surface area contributed by atoms with Crippen LogP contribution in [0.25, 0.3) is 0 Å². The van der Waals surface area contributed by atoms with E-state index >= 15 is 0 Å². The summed E-state index contributed by atoms with van der Waals surface area (Å²) in [6.45, 7) is 1.70. The van der Waals surface area contributed by atoms with E-state index in [-0.39, 0.29) is 0 Å². The van der Waals surface area contributed by atoms with Gasteiger partial charge < -0.3 is 24.8 Å². The normalized spacial score (nSPS) is 14.0. The second kappa shape index (κ2) is 11.7. The minimum Gasteiger partial charge on any atom is -0.497 e. The molecule has 10 heteroatoms. The molecule has 1 fully saturated rings. The lowest BCUT2D eigenvalue weighted by molar-refractivity contribution is -0.133. The van der Waals surface area contributed by atoms with Crippen LogP contribution in [0.5, 0.6) is 11.5 Å². The summed E-state index contributed by atoms with van der Waals surface area (Å²) in [5, 5.41) is 5.46. The fourth-order valence-electron chi connectivity index (χ4n) is 4.27. The molecule has 3 aromatic carbocycles. The summed E-state index contributed by atoms with van der Waals surface area (Å²) < 4.78 is 15.6. The van der Waals surface area contributed by atoms with Crippen LogP contribution in [0, 0.1) is 0 Å². The van der Waals surface area contributed by atoms with Crippen molar-refractivity contribution in [2.24, 2.45) is 0 Å². The van der Waals surface area contributed by atoms with Gasteiger partial charge in [0, 0.05) is 5.69 Å². The van der Waals surface area contributed by atoms with Gasteiger partial charge in [-0.2, -0.15) is 0 Å². The fraction of sp³-hybridized carbons (Fsp3) is 0.241. The third-order valence-corrected chi connectivity index (χ3v) is 6.29. The Bertz CT molecular complexity index is 1310. The van der Waals surface area contributed by atoms with E-state index < -0.39 is 35.9 Å². The molecule has 4 amide bonds. The van der Waals surface area contributed by atoms with Gasteiger partial charge >= 0.3 is 12.0 Å². The highest BCUT2D eigenvalue weighted by Crippen LogP contribution is 2.37. The smallest absolute Gasteiger partial charge is 0.338 e. The average Bonchev–Trinajstić information content (AvgIpc) is 3.21. The van der Waals surface area contributed by atoms with E-state index in [4.69, 9.17) is 14.2 Å². The van der Waals surface area contributed by atoms with Crippen LogP contribution in [0.4, 0.5) is 10.5 Å². The highest BCUT2D eigenvalue weighted by molar-refractivity contribution is 6.12. The van der Waals surface area contributed by atoms with Gasteiger partial charge in [0.2, 0.25) is 5.91 Å². The van der Waals surface area contributed by atoms with Crippen molar-refractivity contribution >= 4 is 29.5 Å². The molecule has 0 unspecified atom stereocenters. The Labute approximate surface area is 225 Å². The van der Waals surface area contributed by atoms with E-state index in [9.17, 15) is 19.2 Å². The Morgan fingerprint density at radius 3 is 1.87 bits per heavy atom. The molecule has 0 saturated carbocycles. The molecule has 10 nitrogen and oxygen atoms in total. The molecule has 0 bridgehead atoms. The van der Waals surface area contributed by atoms with E-state index in [1.807, 2.05) is 6.92 Å². The topological polar surface area (TPSA) is 123 Å². The summed E-state index contributed by atoms with van der Waals surface area (Å²) in [5.41, 5.74) is 0.187. The van der Waals surface area contributed by atoms with E-state index in [0.717, 1.165) is 4.90 Å². The summed E-state index contributed by atoms with van der Waals surface area (Å²) in [6, 6.07) is 19.0. The van der Waals surface area contributed by atoms with Gasteiger partial charge in [-0.3, -0.25) is 14.5 Å². The van der Waals surface area contributed by atoms with Gasteiger partial charge in [0.15, 0.2) is 5.54 Å². The molecule has 1 saturated heterocycles. The molecular formula is C29H29N3O7. The minimum atomic E-state index is -1.56. The number of nitrogens with one attached hydrogen (secondary N) is 2. The number of imide groups is 1. The summed E-state index contributed by atoms with van der Waals surface area (Å²) >= 11 is 0. The van der Waals surface area contributed by atoms with Crippen molar-refractivity contribution in [3.8, 4) is 11.5 Å². The molecule has 1 aliphatic heterocycles. The minimum absolute atomic E-state index is 0.317. The third kappa shape index (κ3) is 5.54. The molecule has 0 atom stereocenters. The number of nitrogens with zero attached hydrogens (tertiary/aromatic N) is 1. The molecular weight excluding hydrogens is 502 g/mol. The van der Waals surface area contributed by atoms with Crippen molar-refractivity contribution in [1.29, 1.82) is 0 Å². The summed E-state index contributed by atoms with van der Waals surface area (Å²) in [6.07, 6.45) is 0.709. The first-order valence-electron chi connectivity index (χ1n) is 12.3. The van der Waals surface area contributed by atoms with Crippen molar-refractivity contribution < 1.29 is 33.4 Å². The first kappa shape index (κ1) is 27.2. The van der Waals surface area contributed by atoms with Crippen molar-refractivity contribution in [2.45, 2.75) is 18.9 Å². The van der Waals surface area contributed by atoms with E-state index in [1.54, 1.807) is 60.7 Å². The number of rotatable bonds is 10. The monoisotopic (exact) mass is 531 g/mol. The molecule has 3 aromatic rings. The lowest BCUT2D eigenvalue weighted by Crippen LogP contribution is -2.45.